The molecule has 0 bridgehead atoms. The monoisotopic (exact) mass is 128 g/mol. The minimum absolute atomic E-state index is 0. The Morgan fingerprint density at radius 3 is 1.50 bits per heavy atom. The van der Waals surface area contributed by atoms with Crippen molar-refractivity contribution in [3.63, 3.8) is 0 Å². The molecule has 1 rings (SSSR count). The Morgan fingerprint density at radius 1 is 1.00 bits per heavy atom. The summed E-state index contributed by atoms with van der Waals surface area (Å²) in [5, 5.41) is 0. The molecule has 1 saturated heterocycles. The van der Waals surface area contributed by atoms with Crippen LogP contribution in [0, 0.1) is 0 Å². The van der Waals surface area contributed by atoms with Crippen LogP contribution in [0.15, 0.2) is 0 Å². The van der Waals surface area contributed by atoms with E-state index in [0.717, 1.165) is 13.2 Å². The van der Waals surface area contributed by atoms with Crippen molar-refractivity contribution in [1.29, 1.82) is 0 Å². The molecule has 2 N–H and O–H groups in total. The van der Waals surface area contributed by atoms with Gasteiger partial charge in [-0.3, -0.25) is 0 Å². The number of hydrogen-bond donors (Lipinski definition) is 0. The second-order valence-corrected chi connectivity index (χ2v) is 1.32. The van der Waals surface area contributed by atoms with E-state index in [-0.39, 0.29) is 43.4 Å². The molecule has 0 aliphatic carbocycles. The van der Waals surface area contributed by atoms with E-state index in [9.17, 15) is 0 Å². The maximum atomic E-state index is 4.94. The van der Waals surface area contributed by atoms with Gasteiger partial charge < -0.3 is 10.2 Å². The first-order valence-corrected chi connectivity index (χ1v) is 2.08. The predicted molar refractivity (Wildman–Crippen MR) is 35.0 cm³/mol. The molecule has 2 nitrogen and oxygen atoms in total. The Bertz CT molecular complexity index is 25.6. The molecule has 0 unspecified atom stereocenters. The van der Waals surface area contributed by atoms with E-state index in [2.05, 4.69) is 0 Å². The molecule has 0 aromatic heterocycles. The van der Waals surface area contributed by atoms with Crippen LogP contribution < -0.4 is 29.6 Å². The Labute approximate surface area is 74.2 Å². The van der Waals surface area contributed by atoms with Crippen molar-refractivity contribution in [3.8, 4) is 0 Å². The van der Waals surface area contributed by atoms with Gasteiger partial charge in [-0.25, -0.2) is 0 Å². The van der Waals surface area contributed by atoms with Gasteiger partial charge in [-0.1, -0.05) is 8.41 Å². The normalized spacial score (nSPS) is 15.0. The van der Waals surface area contributed by atoms with Crippen LogP contribution in [0.25, 0.3) is 0 Å². The van der Waals surface area contributed by atoms with Crippen molar-refractivity contribution in [3.05, 3.63) is 0 Å². The van der Waals surface area contributed by atoms with Crippen LogP contribution in [-0.4, -0.2) is 27.1 Å². The Hall–Kier alpha value is 0.985. The molecule has 8 heavy (non-hydrogen) atoms. The van der Waals surface area contributed by atoms with Crippen LogP contribution in [0.4, 0.5) is 0 Å². The molecular formula is C4H14BNaO2. The van der Waals surface area contributed by atoms with Gasteiger partial charge in [0, 0.05) is 13.2 Å². The van der Waals surface area contributed by atoms with E-state index >= 15 is 0 Å². The fourth-order valence-electron chi connectivity index (χ4n) is 0.510. The average Bonchev–Trinajstić information content (AvgIpc) is 1.76. The van der Waals surface area contributed by atoms with Crippen molar-refractivity contribution in [2.45, 2.75) is 12.8 Å². The van der Waals surface area contributed by atoms with Gasteiger partial charge in [0.05, 0.1) is 0 Å². The molecule has 1 fully saturated rings. The molecule has 0 saturated carbocycles. The molecule has 0 spiro atoms. The standard InChI is InChI=1S/C4H8O.BH4.Na.H2O/c1-2-4-5-3-1;;;/h1-4H2;1H4;;1H2/q;-1;+1;. The van der Waals surface area contributed by atoms with Crippen LogP contribution in [0.5, 0.6) is 0 Å². The summed E-state index contributed by atoms with van der Waals surface area (Å²) in [6.45, 7) is 2.00. The maximum absolute atomic E-state index is 4.94. The van der Waals surface area contributed by atoms with Gasteiger partial charge in [0.1, 0.15) is 0 Å². The van der Waals surface area contributed by atoms with Crippen molar-refractivity contribution in [1.82, 2.24) is 0 Å². The summed E-state index contributed by atoms with van der Waals surface area (Å²) in [6, 6.07) is 0. The largest absolute Gasteiger partial charge is 1.00 e. The third-order valence-electron chi connectivity index (χ3n) is 0.827. The van der Waals surface area contributed by atoms with E-state index in [0.29, 0.717) is 0 Å². The van der Waals surface area contributed by atoms with Gasteiger partial charge in [-0.05, 0) is 12.8 Å². The first kappa shape index (κ1) is 16.0. The van der Waals surface area contributed by atoms with Crippen LogP contribution in [-0.2, 0) is 4.74 Å². The summed E-state index contributed by atoms with van der Waals surface area (Å²) >= 11 is 0. The summed E-state index contributed by atoms with van der Waals surface area (Å²) in [5.74, 6) is 0. The molecule has 0 aromatic carbocycles. The first-order valence-electron chi connectivity index (χ1n) is 2.08. The SMILES string of the molecule is C1CCOC1.O.[BH4-].[Na+]. The average molecular weight is 128 g/mol. The fourth-order valence-corrected chi connectivity index (χ4v) is 0.510. The molecule has 0 atom stereocenters. The second-order valence-electron chi connectivity index (χ2n) is 1.32. The zero-order valence-electron chi connectivity index (χ0n) is 4.74. The molecule has 1 aliphatic rings. The zero-order chi connectivity index (χ0) is 3.54. The van der Waals surface area contributed by atoms with Gasteiger partial charge in [0.15, 0.2) is 0 Å². The van der Waals surface area contributed by atoms with Crippen LogP contribution in [0.1, 0.15) is 12.8 Å². The summed E-state index contributed by atoms with van der Waals surface area (Å²) in [4.78, 5) is 0. The number of rotatable bonds is 0. The van der Waals surface area contributed by atoms with E-state index in [1.165, 1.54) is 12.8 Å². The molecule has 4 heteroatoms. The molecule has 0 radical (unpaired) electrons. The molecule has 46 valence electrons. The molecular weight excluding hydrogens is 114 g/mol. The van der Waals surface area contributed by atoms with Gasteiger partial charge in [-0.2, -0.15) is 0 Å². The first-order chi connectivity index (χ1) is 2.50. The molecule has 1 heterocycles. The summed E-state index contributed by atoms with van der Waals surface area (Å²) in [6.07, 6.45) is 2.56. The van der Waals surface area contributed by atoms with Crippen LogP contribution >= 0.6 is 0 Å². The van der Waals surface area contributed by atoms with Crippen LogP contribution in [0.3, 0.4) is 0 Å². The third-order valence-corrected chi connectivity index (χ3v) is 0.827. The molecule has 1 aliphatic heterocycles. The molecule has 0 aromatic rings. The van der Waals surface area contributed by atoms with Crippen molar-refractivity contribution in [2.24, 2.45) is 0 Å². The van der Waals surface area contributed by atoms with Gasteiger partial charge in [0.25, 0.3) is 0 Å². The van der Waals surface area contributed by atoms with E-state index in [1.807, 2.05) is 0 Å². The van der Waals surface area contributed by atoms with Gasteiger partial charge in [0.2, 0.25) is 0 Å². The summed E-state index contributed by atoms with van der Waals surface area (Å²) in [7, 11) is 0. The minimum atomic E-state index is 0. The fraction of sp³-hybridized carbons (Fsp3) is 1.00. The van der Waals surface area contributed by atoms with Crippen LogP contribution in [0.2, 0.25) is 0 Å². The van der Waals surface area contributed by atoms with E-state index in [4.69, 9.17) is 4.74 Å². The zero-order valence-corrected chi connectivity index (χ0v) is 6.74. The summed E-state index contributed by atoms with van der Waals surface area (Å²) in [5.41, 5.74) is 0. The van der Waals surface area contributed by atoms with Gasteiger partial charge in [-0.15, -0.1) is 0 Å². The van der Waals surface area contributed by atoms with Crippen molar-refractivity contribution >= 4 is 8.41 Å². The van der Waals surface area contributed by atoms with Crippen molar-refractivity contribution < 1.29 is 39.8 Å². The quantitative estimate of drug-likeness (QED) is 0.303. The topological polar surface area (TPSA) is 40.7 Å². The minimum Gasteiger partial charge on any atom is -0.412 e. The maximum Gasteiger partial charge on any atom is 1.00 e. The Morgan fingerprint density at radius 2 is 1.38 bits per heavy atom. The Balaban J connectivity index is -0.0000000833. The number of ether oxygens (including phenoxy) is 1. The number of hydrogen-bond acceptors (Lipinski definition) is 1. The summed E-state index contributed by atoms with van der Waals surface area (Å²) < 4.78 is 4.94. The second kappa shape index (κ2) is 10.9. The third kappa shape index (κ3) is 6.98. The molecule has 0 amide bonds. The van der Waals surface area contributed by atoms with E-state index < -0.39 is 0 Å². The predicted octanol–water partition coefficient (Wildman–Crippen LogP) is -4.48. The van der Waals surface area contributed by atoms with Gasteiger partial charge >= 0.3 is 29.6 Å². The smallest absolute Gasteiger partial charge is 0.412 e. The van der Waals surface area contributed by atoms with Crippen molar-refractivity contribution in [2.75, 3.05) is 13.2 Å². The Kier molecular flexibility index (Phi) is 21.7. The van der Waals surface area contributed by atoms with E-state index in [1.54, 1.807) is 0 Å².